The molecule has 0 aliphatic heterocycles. The number of carbonyl (C=O) groups excluding carboxylic acids is 1. The van der Waals surface area contributed by atoms with E-state index in [1.165, 1.54) is 0 Å². The molecule has 0 N–H and O–H groups in total. The highest BCUT2D eigenvalue weighted by Gasteiger charge is 2.33. The summed E-state index contributed by atoms with van der Waals surface area (Å²) in [5.74, 6) is 1.25. The number of carbonyl (C=O) groups is 1. The molecular weight excluding hydrogens is 320 g/mol. The Morgan fingerprint density at radius 2 is 1.92 bits per heavy atom. The molecule has 0 bridgehead atoms. The third-order valence-electron chi connectivity index (χ3n) is 4.09. The summed E-state index contributed by atoms with van der Waals surface area (Å²) < 4.78 is 11.7. The molecule has 0 spiro atoms. The standard InChI is InChI=1S/C18H22BNO3P/c1-17(2,18(3,4)24)23-19-16-10-14(8-7-13(16)12-21)22-15-6-5-9-20-11-15/h5-12H,24H2,1-4H3. The highest BCUT2D eigenvalue weighted by atomic mass is 31.0. The summed E-state index contributed by atoms with van der Waals surface area (Å²) in [6.45, 7) is 8.17. The third-order valence-corrected chi connectivity index (χ3v) is 4.78. The minimum Gasteiger partial charge on any atom is -0.456 e. The van der Waals surface area contributed by atoms with E-state index in [1.54, 1.807) is 44.1 Å². The number of benzene rings is 1. The molecule has 125 valence electrons. The average molecular weight is 342 g/mol. The Balaban J connectivity index is 2.19. The average Bonchev–Trinajstić information content (AvgIpc) is 2.53. The van der Waals surface area contributed by atoms with E-state index in [0.717, 1.165) is 6.29 Å². The second kappa shape index (κ2) is 7.46. The van der Waals surface area contributed by atoms with Crippen LogP contribution in [0.1, 0.15) is 38.1 Å². The number of aldehydes is 1. The lowest BCUT2D eigenvalue weighted by molar-refractivity contribution is 0.0840. The molecule has 1 unspecified atom stereocenters. The molecule has 0 amide bonds. The minimum atomic E-state index is -0.419. The summed E-state index contributed by atoms with van der Waals surface area (Å²) in [5.41, 5.74) is 0.803. The van der Waals surface area contributed by atoms with E-state index >= 15 is 0 Å². The van der Waals surface area contributed by atoms with Crippen LogP contribution in [0.15, 0.2) is 42.7 Å². The van der Waals surface area contributed by atoms with Gasteiger partial charge in [0, 0.05) is 16.9 Å². The van der Waals surface area contributed by atoms with Gasteiger partial charge >= 0.3 is 7.48 Å². The summed E-state index contributed by atoms with van der Waals surface area (Å²) in [6.07, 6.45) is 4.12. The highest BCUT2D eigenvalue weighted by Crippen LogP contribution is 2.33. The van der Waals surface area contributed by atoms with Crippen LogP contribution in [-0.4, -0.2) is 29.5 Å². The Hall–Kier alpha value is -1.71. The maximum atomic E-state index is 11.3. The fourth-order valence-corrected chi connectivity index (χ4v) is 1.80. The van der Waals surface area contributed by atoms with Crippen molar-refractivity contribution in [1.29, 1.82) is 0 Å². The fraction of sp³-hybridized carbons (Fsp3) is 0.333. The predicted octanol–water partition coefficient (Wildman–Crippen LogP) is 3.38. The summed E-state index contributed by atoms with van der Waals surface area (Å²) in [4.78, 5) is 15.3. The van der Waals surface area contributed by atoms with E-state index in [4.69, 9.17) is 9.39 Å². The molecule has 1 aromatic heterocycles. The van der Waals surface area contributed by atoms with Crippen LogP contribution in [0.2, 0.25) is 0 Å². The summed E-state index contributed by atoms with van der Waals surface area (Å²) in [7, 11) is 4.40. The summed E-state index contributed by atoms with van der Waals surface area (Å²) in [6, 6.07) is 8.86. The number of ether oxygens (including phenoxy) is 1. The molecule has 1 radical (unpaired) electrons. The molecule has 1 aromatic carbocycles. The summed E-state index contributed by atoms with van der Waals surface area (Å²) in [5, 5.41) is -0.130. The quantitative estimate of drug-likeness (QED) is 0.440. The molecule has 24 heavy (non-hydrogen) atoms. The van der Waals surface area contributed by atoms with Crippen molar-refractivity contribution in [3.63, 3.8) is 0 Å². The van der Waals surface area contributed by atoms with Crippen LogP contribution >= 0.6 is 9.24 Å². The number of aromatic nitrogens is 1. The Morgan fingerprint density at radius 3 is 2.50 bits per heavy atom. The first-order valence-electron chi connectivity index (χ1n) is 7.70. The Morgan fingerprint density at radius 1 is 1.17 bits per heavy atom. The van der Waals surface area contributed by atoms with Gasteiger partial charge in [-0.3, -0.25) is 9.78 Å². The van der Waals surface area contributed by atoms with Crippen molar-refractivity contribution in [2.45, 2.75) is 38.5 Å². The molecule has 2 aromatic rings. The van der Waals surface area contributed by atoms with Gasteiger partial charge in [0.25, 0.3) is 0 Å². The molecule has 0 saturated heterocycles. The lowest BCUT2D eigenvalue weighted by Crippen LogP contribution is -2.45. The molecule has 0 fully saturated rings. The molecule has 0 aliphatic rings. The largest absolute Gasteiger partial charge is 0.456 e. The maximum absolute atomic E-state index is 11.3. The fourth-order valence-electron chi connectivity index (χ4n) is 1.73. The number of pyridine rings is 1. The second-order valence-corrected chi connectivity index (χ2v) is 8.11. The first-order valence-corrected chi connectivity index (χ1v) is 8.28. The van der Waals surface area contributed by atoms with Crippen molar-refractivity contribution < 1.29 is 14.2 Å². The number of nitrogens with zero attached hydrogens (tertiary/aromatic N) is 1. The predicted molar refractivity (Wildman–Crippen MR) is 100 cm³/mol. The van der Waals surface area contributed by atoms with Crippen LogP contribution in [0.3, 0.4) is 0 Å². The molecule has 6 heteroatoms. The maximum Gasteiger partial charge on any atom is 0.331 e. The second-order valence-electron chi connectivity index (χ2n) is 6.67. The lowest BCUT2D eigenvalue weighted by atomic mass is 9.81. The summed E-state index contributed by atoms with van der Waals surface area (Å²) >= 11 is 0. The molecule has 0 aliphatic carbocycles. The van der Waals surface area contributed by atoms with Gasteiger partial charge in [0.2, 0.25) is 0 Å². The van der Waals surface area contributed by atoms with Gasteiger partial charge in [0.05, 0.1) is 11.8 Å². The van der Waals surface area contributed by atoms with Gasteiger partial charge in [-0.05, 0) is 49.6 Å². The number of rotatable bonds is 7. The number of hydrogen-bond donors (Lipinski definition) is 0. The lowest BCUT2D eigenvalue weighted by Gasteiger charge is -2.39. The molecular formula is C18H22BNO3P. The van der Waals surface area contributed by atoms with E-state index in [0.29, 0.717) is 22.5 Å². The molecule has 2 rings (SSSR count). The van der Waals surface area contributed by atoms with Crippen LogP contribution in [0.5, 0.6) is 11.5 Å². The monoisotopic (exact) mass is 342 g/mol. The van der Waals surface area contributed by atoms with E-state index in [9.17, 15) is 4.79 Å². The highest BCUT2D eigenvalue weighted by molar-refractivity contribution is 7.19. The van der Waals surface area contributed by atoms with Crippen LogP contribution < -0.4 is 10.2 Å². The first kappa shape index (κ1) is 18.6. The van der Waals surface area contributed by atoms with Crippen molar-refractivity contribution in [3.05, 3.63) is 48.3 Å². The van der Waals surface area contributed by atoms with E-state index in [1.807, 2.05) is 19.9 Å². The zero-order chi connectivity index (χ0) is 17.8. The Labute approximate surface area is 146 Å². The molecule has 4 nitrogen and oxygen atoms in total. The molecule has 0 saturated carbocycles. The SMILES string of the molecule is CC(C)(P)C(C)(C)O[B]c1cc(Oc2cccnc2)ccc1C=O. The van der Waals surface area contributed by atoms with Crippen molar-refractivity contribution in [2.75, 3.05) is 0 Å². The van der Waals surface area contributed by atoms with Crippen molar-refractivity contribution in [2.24, 2.45) is 0 Å². The van der Waals surface area contributed by atoms with Crippen LogP contribution in [0.25, 0.3) is 0 Å². The van der Waals surface area contributed by atoms with Gasteiger partial charge in [-0.2, -0.15) is 0 Å². The van der Waals surface area contributed by atoms with Gasteiger partial charge in [0.1, 0.15) is 17.8 Å². The van der Waals surface area contributed by atoms with Gasteiger partial charge in [-0.15, -0.1) is 9.24 Å². The van der Waals surface area contributed by atoms with Gasteiger partial charge < -0.3 is 9.39 Å². The number of hydrogen-bond acceptors (Lipinski definition) is 4. The van der Waals surface area contributed by atoms with Gasteiger partial charge in [0.15, 0.2) is 0 Å². The first-order chi connectivity index (χ1) is 11.2. The minimum absolute atomic E-state index is 0.130. The van der Waals surface area contributed by atoms with E-state index < -0.39 is 5.60 Å². The smallest absolute Gasteiger partial charge is 0.331 e. The van der Waals surface area contributed by atoms with Crippen molar-refractivity contribution in [3.8, 4) is 11.5 Å². The van der Waals surface area contributed by atoms with Crippen molar-refractivity contribution in [1.82, 2.24) is 4.98 Å². The van der Waals surface area contributed by atoms with Crippen LogP contribution in [-0.2, 0) is 4.65 Å². The van der Waals surface area contributed by atoms with Crippen LogP contribution in [0.4, 0.5) is 0 Å². The van der Waals surface area contributed by atoms with E-state index in [-0.39, 0.29) is 5.16 Å². The zero-order valence-corrected chi connectivity index (χ0v) is 15.6. The van der Waals surface area contributed by atoms with Gasteiger partial charge in [-0.25, -0.2) is 0 Å². The van der Waals surface area contributed by atoms with Gasteiger partial charge in [-0.1, -0.05) is 13.8 Å². The Kier molecular flexibility index (Phi) is 5.79. The molecule has 1 atom stereocenters. The van der Waals surface area contributed by atoms with E-state index in [2.05, 4.69) is 28.1 Å². The topological polar surface area (TPSA) is 48.4 Å². The normalized spacial score (nSPS) is 11.9. The van der Waals surface area contributed by atoms with Crippen molar-refractivity contribution >= 4 is 28.5 Å². The third kappa shape index (κ3) is 4.65. The van der Waals surface area contributed by atoms with Crippen LogP contribution in [0, 0.1) is 0 Å². The zero-order valence-electron chi connectivity index (χ0n) is 14.4. The Bertz CT molecular complexity index is 699. The molecule has 1 heterocycles.